The molecule has 0 bridgehead atoms. The van der Waals surface area contributed by atoms with E-state index in [9.17, 15) is 8.42 Å². The number of sulfonamides is 1. The van der Waals surface area contributed by atoms with Gasteiger partial charge in [0, 0.05) is 17.5 Å². The van der Waals surface area contributed by atoms with Crippen molar-refractivity contribution in [2.24, 2.45) is 5.14 Å². The van der Waals surface area contributed by atoms with Crippen molar-refractivity contribution in [2.75, 3.05) is 7.11 Å². The molecule has 0 aliphatic heterocycles. The van der Waals surface area contributed by atoms with Crippen molar-refractivity contribution in [3.05, 3.63) is 88.2 Å². The van der Waals surface area contributed by atoms with Gasteiger partial charge in [-0.05, 0) is 29.8 Å². The molecule has 0 amide bonds. The molecular formula is C23H18Cl2N2O4S. The molecule has 0 spiro atoms. The zero-order chi connectivity index (χ0) is 22.9. The number of hydrogen-bond donors (Lipinski definition) is 1. The molecular weight excluding hydrogens is 471 g/mol. The van der Waals surface area contributed by atoms with Gasteiger partial charge >= 0.3 is 0 Å². The predicted octanol–water partition coefficient (Wildman–Crippen LogP) is 5.56. The van der Waals surface area contributed by atoms with Gasteiger partial charge in [-0.2, -0.15) is 0 Å². The summed E-state index contributed by atoms with van der Waals surface area (Å²) in [5, 5.41) is 6.02. The lowest BCUT2D eigenvalue weighted by molar-refractivity contribution is 0.415. The van der Waals surface area contributed by atoms with Crippen LogP contribution in [-0.2, 0) is 16.4 Å². The van der Waals surface area contributed by atoms with E-state index in [0.29, 0.717) is 34.9 Å². The molecule has 3 aromatic carbocycles. The molecule has 0 aliphatic rings. The van der Waals surface area contributed by atoms with Gasteiger partial charge in [-0.15, -0.1) is 0 Å². The smallest absolute Gasteiger partial charge is 0.238 e. The highest BCUT2D eigenvalue weighted by molar-refractivity contribution is 7.89. The van der Waals surface area contributed by atoms with Crippen molar-refractivity contribution in [1.29, 1.82) is 0 Å². The first-order chi connectivity index (χ1) is 15.3. The Balaban J connectivity index is 1.94. The molecule has 1 aromatic heterocycles. The van der Waals surface area contributed by atoms with Gasteiger partial charge in [0.1, 0.15) is 5.69 Å². The van der Waals surface area contributed by atoms with E-state index >= 15 is 0 Å². The number of nitrogens with two attached hydrogens (primary N) is 1. The summed E-state index contributed by atoms with van der Waals surface area (Å²) in [7, 11) is -2.55. The molecule has 4 rings (SSSR count). The van der Waals surface area contributed by atoms with Crippen LogP contribution in [0.15, 0.2) is 76.0 Å². The van der Waals surface area contributed by atoms with Gasteiger partial charge in [0.25, 0.3) is 0 Å². The summed E-state index contributed by atoms with van der Waals surface area (Å²) in [6.07, 6.45) is 0.406. The highest BCUT2D eigenvalue weighted by Crippen LogP contribution is 2.41. The van der Waals surface area contributed by atoms with Crippen LogP contribution in [0.1, 0.15) is 11.5 Å². The third-order valence-electron chi connectivity index (χ3n) is 4.78. The number of oxazole rings is 1. The molecule has 164 valence electrons. The fourth-order valence-electron chi connectivity index (χ4n) is 3.38. The zero-order valence-electron chi connectivity index (χ0n) is 16.9. The minimum atomic E-state index is -4.02. The van der Waals surface area contributed by atoms with E-state index in [1.807, 2.05) is 30.3 Å². The van der Waals surface area contributed by atoms with Crippen molar-refractivity contribution in [2.45, 2.75) is 11.3 Å². The van der Waals surface area contributed by atoms with Crippen LogP contribution in [0, 0.1) is 0 Å². The maximum absolute atomic E-state index is 12.2. The molecule has 0 saturated carbocycles. The van der Waals surface area contributed by atoms with E-state index in [1.165, 1.54) is 13.2 Å². The summed E-state index contributed by atoms with van der Waals surface area (Å²) in [6.45, 7) is 0. The summed E-state index contributed by atoms with van der Waals surface area (Å²) in [5.41, 5.74) is 2.21. The first kappa shape index (κ1) is 22.4. The highest BCUT2D eigenvalue weighted by atomic mass is 35.5. The highest BCUT2D eigenvalue weighted by Gasteiger charge is 2.24. The zero-order valence-corrected chi connectivity index (χ0v) is 19.2. The molecule has 0 fully saturated rings. The molecule has 1 heterocycles. The third kappa shape index (κ3) is 4.52. The van der Waals surface area contributed by atoms with Gasteiger partial charge in [0.15, 0.2) is 17.4 Å². The Morgan fingerprint density at radius 3 is 2.25 bits per heavy atom. The number of halogens is 2. The first-order valence-electron chi connectivity index (χ1n) is 9.47. The van der Waals surface area contributed by atoms with Crippen LogP contribution < -0.4 is 9.88 Å². The van der Waals surface area contributed by atoms with Crippen LogP contribution >= 0.6 is 23.2 Å². The Morgan fingerprint density at radius 1 is 1.00 bits per heavy atom. The standard InChI is InChI=1S/C23H18Cl2N2O4S/c1-30-23-17(24)12-15(13-18(23)25)21-22(16-9-5-6-10-19(16)32(26,28)29)31-20(27-21)11-14-7-3-2-4-8-14/h2-10,12-13H,11H2,1H3,(H2,26,28,29). The van der Waals surface area contributed by atoms with E-state index < -0.39 is 10.0 Å². The largest absolute Gasteiger partial charge is 0.494 e. The maximum Gasteiger partial charge on any atom is 0.238 e. The first-order valence-corrected chi connectivity index (χ1v) is 11.8. The second kappa shape index (κ2) is 8.96. The van der Waals surface area contributed by atoms with Gasteiger partial charge in [0.2, 0.25) is 10.0 Å². The Kier molecular flexibility index (Phi) is 6.26. The van der Waals surface area contributed by atoms with Crippen molar-refractivity contribution < 1.29 is 17.6 Å². The Morgan fingerprint density at radius 2 is 1.62 bits per heavy atom. The molecule has 4 aromatic rings. The Hall–Kier alpha value is -2.84. The van der Waals surface area contributed by atoms with Crippen LogP contribution in [0.3, 0.4) is 0 Å². The number of primary sulfonamides is 1. The van der Waals surface area contributed by atoms with Crippen molar-refractivity contribution in [1.82, 2.24) is 4.98 Å². The summed E-state index contributed by atoms with van der Waals surface area (Å²) in [4.78, 5) is 4.58. The van der Waals surface area contributed by atoms with Gasteiger partial charge in [-0.25, -0.2) is 18.5 Å². The normalized spacial score (nSPS) is 11.5. The second-order valence-electron chi connectivity index (χ2n) is 6.96. The van der Waals surface area contributed by atoms with E-state index in [1.54, 1.807) is 30.3 Å². The summed E-state index contributed by atoms with van der Waals surface area (Å²) >= 11 is 12.7. The lowest BCUT2D eigenvalue weighted by Gasteiger charge is -2.09. The Labute approximate surface area is 195 Å². The van der Waals surface area contributed by atoms with Crippen molar-refractivity contribution in [3.63, 3.8) is 0 Å². The predicted molar refractivity (Wildman–Crippen MR) is 125 cm³/mol. The van der Waals surface area contributed by atoms with Gasteiger partial charge in [-0.1, -0.05) is 65.7 Å². The van der Waals surface area contributed by atoms with E-state index in [-0.39, 0.29) is 20.7 Å². The van der Waals surface area contributed by atoms with Crippen LogP contribution in [0.4, 0.5) is 0 Å². The fourth-order valence-corrected chi connectivity index (χ4v) is 4.76. The average Bonchev–Trinajstić information content (AvgIpc) is 3.17. The average molecular weight is 489 g/mol. The van der Waals surface area contributed by atoms with Crippen molar-refractivity contribution in [3.8, 4) is 28.3 Å². The van der Waals surface area contributed by atoms with E-state index in [2.05, 4.69) is 4.98 Å². The lowest BCUT2D eigenvalue weighted by Crippen LogP contribution is -2.13. The monoisotopic (exact) mass is 488 g/mol. The summed E-state index contributed by atoms with van der Waals surface area (Å²) < 4.78 is 35.8. The SMILES string of the molecule is COc1c(Cl)cc(-c2nc(Cc3ccccc3)oc2-c2ccccc2S(N)(=O)=O)cc1Cl. The molecule has 0 saturated heterocycles. The number of hydrogen-bond acceptors (Lipinski definition) is 5. The number of aromatic nitrogens is 1. The molecule has 0 atom stereocenters. The van der Waals surface area contributed by atoms with E-state index in [0.717, 1.165) is 5.56 Å². The maximum atomic E-state index is 12.2. The van der Waals surface area contributed by atoms with Crippen LogP contribution in [0.5, 0.6) is 5.75 Å². The number of nitrogens with zero attached hydrogens (tertiary/aromatic N) is 1. The van der Waals surface area contributed by atoms with Crippen molar-refractivity contribution >= 4 is 33.2 Å². The molecule has 0 aliphatic carbocycles. The van der Waals surface area contributed by atoms with Crippen LogP contribution in [-0.4, -0.2) is 20.5 Å². The Bertz CT molecular complexity index is 1360. The molecule has 9 heteroatoms. The number of benzene rings is 3. The second-order valence-corrected chi connectivity index (χ2v) is 9.31. The van der Waals surface area contributed by atoms with E-state index in [4.69, 9.17) is 37.5 Å². The number of rotatable bonds is 6. The summed E-state index contributed by atoms with van der Waals surface area (Å²) in [6, 6.07) is 19.2. The molecule has 32 heavy (non-hydrogen) atoms. The lowest BCUT2D eigenvalue weighted by atomic mass is 10.1. The minimum Gasteiger partial charge on any atom is -0.494 e. The molecule has 2 N–H and O–H groups in total. The quantitative estimate of drug-likeness (QED) is 0.383. The van der Waals surface area contributed by atoms with Gasteiger partial charge in [-0.3, -0.25) is 0 Å². The molecule has 0 radical (unpaired) electrons. The number of ether oxygens (including phenoxy) is 1. The third-order valence-corrected chi connectivity index (χ3v) is 6.31. The fraction of sp³-hybridized carbons (Fsp3) is 0.0870. The molecule has 0 unspecified atom stereocenters. The van der Waals surface area contributed by atoms with Crippen LogP contribution in [0.2, 0.25) is 10.0 Å². The molecule has 6 nitrogen and oxygen atoms in total. The van der Waals surface area contributed by atoms with Gasteiger partial charge < -0.3 is 9.15 Å². The summed E-state index contributed by atoms with van der Waals surface area (Å²) in [5.74, 6) is 0.975. The van der Waals surface area contributed by atoms with Gasteiger partial charge in [0.05, 0.1) is 22.1 Å². The van der Waals surface area contributed by atoms with Crippen LogP contribution in [0.25, 0.3) is 22.6 Å². The minimum absolute atomic E-state index is 0.0747. The number of methoxy groups -OCH3 is 1. The topological polar surface area (TPSA) is 95.4 Å².